The first-order valence-corrected chi connectivity index (χ1v) is 5.71. The number of carbonyl (C=O) groups excluding carboxylic acids is 1. The maximum atomic E-state index is 11.6. The molecule has 0 saturated heterocycles. The topological polar surface area (TPSA) is 101 Å². The molecular formula is C14H11NO5. The first kappa shape index (κ1) is 13.5. The van der Waals surface area contributed by atoms with Gasteiger partial charge in [0.25, 0.3) is 0 Å². The van der Waals surface area contributed by atoms with Gasteiger partial charge in [0.1, 0.15) is 0 Å². The number of carbonyl (C=O) groups is 2. The van der Waals surface area contributed by atoms with Crippen LogP contribution in [0.25, 0.3) is 0 Å². The Morgan fingerprint density at radius 1 is 1.20 bits per heavy atom. The van der Waals surface area contributed by atoms with Crippen molar-refractivity contribution in [1.82, 2.24) is 4.98 Å². The third-order valence-electron chi connectivity index (χ3n) is 2.54. The lowest BCUT2D eigenvalue weighted by atomic mass is 10.1. The summed E-state index contributed by atoms with van der Waals surface area (Å²) in [6.45, 7) is 0. The molecule has 0 atom stereocenters. The zero-order chi connectivity index (χ0) is 14.5. The Morgan fingerprint density at radius 3 is 2.55 bits per heavy atom. The van der Waals surface area contributed by atoms with E-state index in [1.54, 1.807) is 12.4 Å². The molecule has 2 aromatic heterocycles. The fourth-order valence-corrected chi connectivity index (χ4v) is 1.59. The normalized spacial score (nSPS) is 11.3. The summed E-state index contributed by atoms with van der Waals surface area (Å²) < 4.78 is 5.07. The number of carboxylic acid groups (broad SMARTS) is 1. The predicted molar refractivity (Wildman–Crippen MR) is 68.4 cm³/mol. The van der Waals surface area contributed by atoms with E-state index in [0.717, 1.165) is 11.1 Å². The molecule has 6 heteroatoms. The molecule has 0 aliphatic heterocycles. The monoisotopic (exact) mass is 273 g/mol. The summed E-state index contributed by atoms with van der Waals surface area (Å²) in [5, 5.41) is 17.5. The standard InChI is InChI=1S/C14H11NO5/c16-11(7-12(17)14(18)19)13-6-10(8-20-13)5-9-1-3-15-4-2-9/h1-4,6-8,17H,5H2,(H,18,19)/b12-7-. The molecular weight excluding hydrogens is 262 g/mol. The van der Waals surface area contributed by atoms with Crippen LogP contribution in [0.15, 0.2) is 53.1 Å². The van der Waals surface area contributed by atoms with Gasteiger partial charge in [-0.25, -0.2) is 4.79 Å². The molecule has 102 valence electrons. The maximum Gasteiger partial charge on any atom is 0.371 e. The van der Waals surface area contributed by atoms with Crippen LogP contribution in [-0.4, -0.2) is 26.9 Å². The molecule has 0 unspecified atom stereocenters. The van der Waals surface area contributed by atoms with Crippen molar-refractivity contribution in [3.05, 3.63) is 65.6 Å². The molecule has 0 aromatic carbocycles. The molecule has 0 amide bonds. The van der Waals surface area contributed by atoms with Crippen LogP contribution in [0.1, 0.15) is 21.7 Å². The van der Waals surface area contributed by atoms with Crippen LogP contribution in [0, 0.1) is 0 Å². The molecule has 0 fully saturated rings. The second kappa shape index (κ2) is 5.83. The van der Waals surface area contributed by atoms with Crippen molar-refractivity contribution in [3.63, 3.8) is 0 Å². The van der Waals surface area contributed by atoms with Crippen LogP contribution in [0.2, 0.25) is 0 Å². The second-order valence-electron chi connectivity index (χ2n) is 4.05. The molecule has 0 saturated carbocycles. The first-order chi connectivity index (χ1) is 9.56. The lowest BCUT2D eigenvalue weighted by Crippen LogP contribution is -2.03. The molecule has 0 spiro atoms. The fourth-order valence-electron chi connectivity index (χ4n) is 1.59. The molecule has 2 N–H and O–H groups in total. The number of aliphatic hydroxyl groups excluding tert-OH is 1. The lowest BCUT2D eigenvalue weighted by molar-refractivity contribution is -0.135. The van der Waals surface area contributed by atoms with Crippen molar-refractivity contribution in [1.29, 1.82) is 0 Å². The number of ketones is 1. The molecule has 0 aliphatic carbocycles. The fraction of sp³-hybridized carbons (Fsp3) is 0.0714. The number of carboxylic acids is 1. The zero-order valence-corrected chi connectivity index (χ0v) is 10.3. The summed E-state index contributed by atoms with van der Waals surface area (Å²) >= 11 is 0. The Kier molecular flexibility index (Phi) is 3.95. The smallest absolute Gasteiger partial charge is 0.371 e. The van der Waals surface area contributed by atoms with E-state index < -0.39 is 17.5 Å². The van der Waals surface area contributed by atoms with Crippen molar-refractivity contribution in [3.8, 4) is 0 Å². The number of nitrogens with zero attached hydrogens (tertiary/aromatic N) is 1. The number of pyridine rings is 1. The lowest BCUT2D eigenvalue weighted by Gasteiger charge is -1.95. The SMILES string of the molecule is O=C(O)/C(O)=C/C(=O)c1cc(Cc2ccncc2)co1. The van der Waals surface area contributed by atoms with Crippen LogP contribution < -0.4 is 0 Å². The van der Waals surface area contributed by atoms with Crippen molar-refractivity contribution in [2.24, 2.45) is 0 Å². The zero-order valence-electron chi connectivity index (χ0n) is 10.3. The highest BCUT2D eigenvalue weighted by Crippen LogP contribution is 2.14. The minimum absolute atomic E-state index is 0.0261. The quantitative estimate of drug-likeness (QED) is 0.490. The summed E-state index contributed by atoms with van der Waals surface area (Å²) in [6.07, 6.45) is 5.91. The van der Waals surface area contributed by atoms with Crippen LogP contribution in [0.5, 0.6) is 0 Å². The molecule has 6 nitrogen and oxygen atoms in total. The van der Waals surface area contributed by atoms with Gasteiger partial charge in [-0.1, -0.05) is 0 Å². The highest BCUT2D eigenvalue weighted by molar-refractivity contribution is 6.06. The number of aliphatic carboxylic acids is 1. The first-order valence-electron chi connectivity index (χ1n) is 5.71. The maximum absolute atomic E-state index is 11.6. The number of aromatic nitrogens is 1. The highest BCUT2D eigenvalue weighted by Gasteiger charge is 2.13. The summed E-state index contributed by atoms with van der Waals surface area (Å²) in [4.78, 5) is 25.9. The largest absolute Gasteiger partial charge is 0.502 e. The van der Waals surface area contributed by atoms with E-state index in [4.69, 9.17) is 14.6 Å². The van der Waals surface area contributed by atoms with E-state index in [1.165, 1.54) is 12.3 Å². The molecule has 2 heterocycles. The Hall–Kier alpha value is -2.89. The molecule has 0 radical (unpaired) electrons. The van der Waals surface area contributed by atoms with Crippen LogP contribution in [-0.2, 0) is 11.2 Å². The number of hydrogen-bond acceptors (Lipinski definition) is 5. The molecule has 2 rings (SSSR count). The summed E-state index contributed by atoms with van der Waals surface area (Å²) in [5.41, 5.74) is 1.77. The van der Waals surface area contributed by atoms with E-state index in [9.17, 15) is 9.59 Å². The van der Waals surface area contributed by atoms with Gasteiger partial charge in [-0.15, -0.1) is 0 Å². The van der Waals surface area contributed by atoms with Gasteiger partial charge in [0.15, 0.2) is 5.76 Å². The van der Waals surface area contributed by atoms with Gasteiger partial charge < -0.3 is 14.6 Å². The second-order valence-corrected chi connectivity index (χ2v) is 4.05. The van der Waals surface area contributed by atoms with Gasteiger partial charge in [-0.2, -0.15) is 0 Å². The summed E-state index contributed by atoms with van der Waals surface area (Å²) in [5.74, 6) is -3.32. The Bertz CT molecular complexity index is 657. The van der Waals surface area contributed by atoms with Gasteiger partial charge in [-0.3, -0.25) is 9.78 Å². The van der Waals surface area contributed by atoms with E-state index in [-0.39, 0.29) is 5.76 Å². The van der Waals surface area contributed by atoms with E-state index in [0.29, 0.717) is 12.5 Å². The van der Waals surface area contributed by atoms with Crippen LogP contribution in [0.4, 0.5) is 0 Å². The Morgan fingerprint density at radius 2 is 1.90 bits per heavy atom. The Balaban J connectivity index is 2.11. The molecule has 20 heavy (non-hydrogen) atoms. The predicted octanol–water partition coefficient (Wildman–Crippen LogP) is 1.97. The minimum atomic E-state index is -1.57. The van der Waals surface area contributed by atoms with Gasteiger partial charge in [0.2, 0.25) is 11.5 Å². The van der Waals surface area contributed by atoms with Crippen molar-refractivity contribution >= 4 is 11.8 Å². The van der Waals surface area contributed by atoms with Gasteiger partial charge in [-0.05, 0) is 29.3 Å². The molecule has 0 aliphatic rings. The van der Waals surface area contributed by atoms with E-state index in [2.05, 4.69) is 4.98 Å². The summed E-state index contributed by atoms with van der Waals surface area (Å²) in [7, 11) is 0. The third-order valence-corrected chi connectivity index (χ3v) is 2.54. The van der Waals surface area contributed by atoms with Crippen molar-refractivity contribution < 1.29 is 24.2 Å². The van der Waals surface area contributed by atoms with Crippen molar-refractivity contribution in [2.45, 2.75) is 6.42 Å². The van der Waals surface area contributed by atoms with Gasteiger partial charge >= 0.3 is 5.97 Å². The molecule has 2 aromatic rings. The van der Waals surface area contributed by atoms with E-state index in [1.807, 2.05) is 12.1 Å². The van der Waals surface area contributed by atoms with E-state index >= 15 is 0 Å². The Labute approximate surface area is 114 Å². The highest BCUT2D eigenvalue weighted by atomic mass is 16.4. The molecule has 0 bridgehead atoms. The number of hydrogen-bond donors (Lipinski definition) is 2. The summed E-state index contributed by atoms with van der Waals surface area (Å²) in [6, 6.07) is 5.18. The third kappa shape index (κ3) is 3.32. The van der Waals surface area contributed by atoms with Crippen LogP contribution in [0.3, 0.4) is 0 Å². The number of aliphatic hydroxyl groups is 1. The van der Waals surface area contributed by atoms with Gasteiger partial charge in [0, 0.05) is 24.9 Å². The van der Waals surface area contributed by atoms with Gasteiger partial charge in [0.05, 0.1) is 6.26 Å². The minimum Gasteiger partial charge on any atom is -0.502 e. The van der Waals surface area contributed by atoms with Crippen molar-refractivity contribution in [2.75, 3.05) is 0 Å². The average molecular weight is 273 g/mol. The van der Waals surface area contributed by atoms with Crippen LogP contribution >= 0.6 is 0 Å². The number of rotatable bonds is 5. The number of furan rings is 1. The average Bonchev–Trinajstić information content (AvgIpc) is 2.88. The number of allylic oxidation sites excluding steroid dienone is 1.